The molecule has 1 atom stereocenters. The number of hydrogen-bond donors (Lipinski definition) is 1. The number of alkyl carbamates (subject to hydrolysis) is 1. The molecular formula is C13H15Br3N2O4. The number of nitro groups is 1. The molecule has 0 aromatic heterocycles. The van der Waals surface area contributed by atoms with Crippen LogP contribution in [0.5, 0.6) is 0 Å². The number of nitrogens with zero attached hydrogens (tertiary/aromatic N) is 1. The van der Waals surface area contributed by atoms with Crippen LogP contribution in [0.4, 0.5) is 4.79 Å². The summed E-state index contributed by atoms with van der Waals surface area (Å²) in [4.78, 5) is 22.7. The number of carbonyl (C=O) groups excluding carboxylic acids is 1. The molecule has 0 saturated heterocycles. The van der Waals surface area contributed by atoms with E-state index in [2.05, 4.69) is 53.1 Å². The average molecular weight is 503 g/mol. The number of alkyl halides is 2. The Morgan fingerprint density at radius 1 is 1.27 bits per heavy atom. The molecule has 0 aliphatic rings. The van der Waals surface area contributed by atoms with Gasteiger partial charge < -0.3 is 10.1 Å². The van der Waals surface area contributed by atoms with Crippen molar-refractivity contribution in [3.05, 3.63) is 44.4 Å². The van der Waals surface area contributed by atoms with Crippen LogP contribution in [0.25, 0.3) is 0 Å². The van der Waals surface area contributed by atoms with Crippen LogP contribution in [-0.4, -0.2) is 20.0 Å². The highest BCUT2D eigenvalue weighted by Crippen LogP contribution is 2.40. The van der Waals surface area contributed by atoms with E-state index in [1.54, 1.807) is 45.0 Å². The van der Waals surface area contributed by atoms with E-state index in [0.717, 1.165) is 4.47 Å². The number of ether oxygens (including phenoxy) is 1. The van der Waals surface area contributed by atoms with Gasteiger partial charge in [0.2, 0.25) is 0 Å². The molecule has 1 rings (SSSR count). The van der Waals surface area contributed by atoms with E-state index in [9.17, 15) is 14.9 Å². The minimum atomic E-state index is -1.76. The molecule has 0 fully saturated rings. The molecule has 122 valence electrons. The van der Waals surface area contributed by atoms with Crippen molar-refractivity contribution in [3.8, 4) is 0 Å². The summed E-state index contributed by atoms with van der Waals surface area (Å²) < 4.78 is 4.23. The first kappa shape index (κ1) is 19.4. The van der Waals surface area contributed by atoms with E-state index in [4.69, 9.17) is 4.74 Å². The lowest BCUT2D eigenvalue weighted by Crippen LogP contribution is -2.44. The summed E-state index contributed by atoms with van der Waals surface area (Å²) in [5.41, 5.74) is -0.163. The molecule has 1 unspecified atom stereocenters. The normalized spacial score (nSPS) is 13.4. The Morgan fingerprint density at radius 3 is 2.18 bits per heavy atom. The fourth-order valence-electron chi connectivity index (χ4n) is 1.56. The van der Waals surface area contributed by atoms with Crippen molar-refractivity contribution >= 4 is 53.9 Å². The second kappa shape index (κ2) is 7.27. The van der Waals surface area contributed by atoms with Crippen LogP contribution in [-0.2, 0) is 4.74 Å². The standard InChI is InChI=1S/C13H15Br3N2O4/c1-12(2,3)22-11(19)17-10(13(15,16)18(20)21)8-4-6-9(14)7-5-8/h4-7,10H,1-3H3,(H,17,19). The Balaban J connectivity index is 3.10. The van der Waals surface area contributed by atoms with Crippen molar-refractivity contribution in [2.24, 2.45) is 0 Å². The van der Waals surface area contributed by atoms with E-state index in [1.807, 2.05) is 0 Å². The molecule has 0 radical (unpaired) electrons. The maximum Gasteiger partial charge on any atom is 0.408 e. The molecular weight excluding hydrogens is 488 g/mol. The molecule has 1 aromatic carbocycles. The molecule has 0 spiro atoms. The van der Waals surface area contributed by atoms with Gasteiger partial charge >= 0.3 is 9.45 Å². The minimum absolute atomic E-state index is 0.541. The molecule has 0 heterocycles. The summed E-state index contributed by atoms with van der Waals surface area (Å²) in [5.74, 6) is 0. The molecule has 1 amide bonds. The number of benzene rings is 1. The molecule has 0 aliphatic carbocycles. The molecule has 1 N–H and O–H groups in total. The number of nitrogens with one attached hydrogen (secondary N) is 1. The highest BCUT2D eigenvalue weighted by Gasteiger charge is 2.48. The van der Waals surface area contributed by atoms with Crippen LogP contribution in [0.2, 0.25) is 0 Å². The predicted octanol–water partition coefficient (Wildman–Crippen LogP) is 4.74. The third kappa shape index (κ3) is 5.51. The van der Waals surface area contributed by atoms with Crippen molar-refractivity contribution in [2.75, 3.05) is 0 Å². The van der Waals surface area contributed by atoms with Gasteiger partial charge in [-0.15, -0.1) is 0 Å². The number of rotatable bonds is 4. The zero-order valence-corrected chi connectivity index (χ0v) is 16.9. The molecule has 9 heteroatoms. The fraction of sp³-hybridized carbons (Fsp3) is 0.462. The zero-order chi connectivity index (χ0) is 17.1. The first-order valence-electron chi connectivity index (χ1n) is 6.21. The van der Waals surface area contributed by atoms with Crippen LogP contribution < -0.4 is 5.32 Å². The Hall–Kier alpha value is -0.670. The Morgan fingerprint density at radius 2 is 1.77 bits per heavy atom. The van der Waals surface area contributed by atoms with Gasteiger partial charge in [-0.3, -0.25) is 10.1 Å². The van der Waals surface area contributed by atoms with Gasteiger partial charge in [-0.25, -0.2) is 4.79 Å². The lowest BCUT2D eigenvalue weighted by molar-refractivity contribution is -0.509. The SMILES string of the molecule is CC(C)(C)OC(=O)NC(c1ccc(Br)cc1)C(Br)(Br)[N+](=O)[O-]. The number of amides is 1. The third-order valence-corrected chi connectivity index (χ3v) is 4.48. The van der Waals surface area contributed by atoms with Crippen molar-refractivity contribution in [1.82, 2.24) is 5.32 Å². The van der Waals surface area contributed by atoms with Crippen LogP contribution in [0.15, 0.2) is 28.7 Å². The maximum atomic E-state index is 12.0. The second-order valence-corrected chi connectivity index (χ2v) is 9.87. The quantitative estimate of drug-likeness (QED) is 0.279. The van der Waals surface area contributed by atoms with Crippen LogP contribution >= 0.6 is 47.8 Å². The highest BCUT2D eigenvalue weighted by molar-refractivity contribution is 9.25. The summed E-state index contributed by atoms with van der Waals surface area (Å²) in [6.07, 6.45) is -0.745. The Bertz CT molecular complexity index is 555. The van der Waals surface area contributed by atoms with Crippen LogP contribution in [0, 0.1) is 10.1 Å². The van der Waals surface area contributed by atoms with E-state index in [1.165, 1.54) is 0 Å². The Labute approximate surface area is 153 Å². The van der Waals surface area contributed by atoms with Crippen LogP contribution in [0.1, 0.15) is 32.4 Å². The summed E-state index contributed by atoms with van der Waals surface area (Å²) in [7, 11) is 0. The van der Waals surface area contributed by atoms with Crippen molar-refractivity contribution in [2.45, 2.75) is 35.8 Å². The maximum absolute atomic E-state index is 12.0. The van der Waals surface area contributed by atoms with Crippen LogP contribution in [0.3, 0.4) is 0 Å². The first-order valence-corrected chi connectivity index (χ1v) is 8.58. The molecule has 0 aliphatic heterocycles. The van der Waals surface area contributed by atoms with Crippen molar-refractivity contribution in [3.63, 3.8) is 0 Å². The fourth-order valence-corrected chi connectivity index (χ4v) is 2.58. The zero-order valence-electron chi connectivity index (χ0n) is 12.1. The number of halogens is 3. The van der Waals surface area contributed by atoms with E-state index >= 15 is 0 Å². The lowest BCUT2D eigenvalue weighted by Gasteiger charge is -2.27. The molecule has 6 nitrogen and oxygen atoms in total. The van der Waals surface area contributed by atoms with Gasteiger partial charge in [-0.1, -0.05) is 28.1 Å². The van der Waals surface area contributed by atoms with Gasteiger partial charge in [0.1, 0.15) is 11.6 Å². The molecule has 0 saturated carbocycles. The summed E-state index contributed by atoms with van der Waals surface area (Å²) >= 11 is 9.32. The van der Waals surface area contributed by atoms with Gasteiger partial charge in [0.05, 0.1) is 4.92 Å². The monoisotopic (exact) mass is 500 g/mol. The number of carbonyl (C=O) groups is 1. The van der Waals surface area contributed by atoms with Gasteiger partial charge in [-0.2, -0.15) is 0 Å². The summed E-state index contributed by atoms with van der Waals surface area (Å²) in [5, 5.41) is 13.8. The minimum Gasteiger partial charge on any atom is -0.444 e. The van der Waals surface area contributed by atoms with E-state index < -0.39 is 26.0 Å². The van der Waals surface area contributed by atoms with E-state index in [-0.39, 0.29) is 0 Å². The topological polar surface area (TPSA) is 81.5 Å². The lowest BCUT2D eigenvalue weighted by atomic mass is 10.1. The summed E-state index contributed by atoms with van der Waals surface area (Å²) in [6.45, 7) is 5.14. The van der Waals surface area contributed by atoms with E-state index in [0.29, 0.717) is 5.56 Å². The summed E-state index contributed by atoms with van der Waals surface area (Å²) in [6, 6.07) is 5.83. The highest BCUT2D eigenvalue weighted by atomic mass is 79.9. The van der Waals surface area contributed by atoms with Gasteiger partial charge in [0.25, 0.3) is 0 Å². The van der Waals surface area contributed by atoms with Gasteiger partial charge in [-0.05, 0) is 38.5 Å². The first-order chi connectivity index (χ1) is 9.93. The Kier molecular flexibility index (Phi) is 6.40. The predicted molar refractivity (Wildman–Crippen MR) is 93.8 cm³/mol. The van der Waals surface area contributed by atoms with Gasteiger partial charge in [0, 0.05) is 36.3 Å². The molecule has 0 bridgehead atoms. The molecule has 22 heavy (non-hydrogen) atoms. The average Bonchev–Trinajstić information content (AvgIpc) is 2.34. The smallest absolute Gasteiger partial charge is 0.408 e. The largest absolute Gasteiger partial charge is 0.444 e. The van der Waals surface area contributed by atoms with Crippen molar-refractivity contribution in [1.29, 1.82) is 0 Å². The molecule has 1 aromatic rings. The second-order valence-electron chi connectivity index (χ2n) is 5.48. The third-order valence-electron chi connectivity index (χ3n) is 2.46. The van der Waals surface area contributed by atoms with Gasteiger partial charge in [0.15, 0.2) is 0 Å². The number of hydrogen-bond acceptors (Lipinski definition) is 4. The van der Waals surface area contributed by atoms with Crippen molar-refractivity contribution < 1.29 is 14.5 Å².